The van der Waals surface area contributed by atoms with Gasteiger partial charge in [-0.2, -0.15) is 13.2 Å². The van der Waals surface area contributed by atoms with Crippen molar-refractivity contribution in [1.29, 1.82) is 0 Å². The molecule has 0 spiro atoms. The van der Waals surface area contributed by atoms with Crippen LogP contribution in [-0.4, -0.2) is 33.3 Å². The molecule has 0 radical (unpaired) electrons. The van der Waals surface area contributed by atoms with Gasteiger partial charge in [-0.15, -0.1) is 0 Å². The molecule has 7 nitrogen and oxygen atoms in total. The number of aliphatic hydroxyl groups is 1. The number of aromatic nitrogens is 1. The number of carbonyl (C=O) groups is 2. The first-order valence-corrected chi connectivity index (χ1v) is 7.60. The maximum absolute atomic E-state index is 13.0. The molecule has 144 valence electrons. The Hall–Kier alpha value is -3.14. The number of alkyl carbamates (subject to hydrolysis) is 1. The first-order chi connectivity index (χ1) is 12.7. The molecule has 1 heterocycles. The molecule has 2 atom stereocenters. The number of aliphatic hydroxyl groups excluding tert-OH is 1. The number of benzene rings is 1. The second kappa shape index (κ2) is 8.49. The van der Waals surface area contributed by atoms with Crippen LogP contribution in [0.2, 0.25) is 0 Å². The van der Waals surface area contributed by atoms with Crippen molar-refractivity contribution in [2.45, 2.75) is 24.9 Å². The predicted molar refractivity (Wildman–Crippen MR) is 85.4 cm³/mol. The zero-order valence-corrected chi connectivity index (χ0v) is 13.7. The molecule has 2 rings (SSSR count). The molecule has 3 N–H and O–H groups in total. The highest BCUT2D eigenvalue weighted by atomic mass is 19.4. The summed E-state index contributed by atoms with van der Waals surface area (Å²) in [6.45, 7) is -0.188. The summed E-state index contributed by atoms with van der Waals surface area (Å²) in [6.07, 6.45) is -7.35. The first kappa shape index (κ1) is 20.2. The standard InChI is InChI=1S/C17H15F3N2O5/c18-17(19,20)11-7-4-8-21-12(11)14(23)13(15(24)25)22-16(26)27-9-10-5-2-1-3-6-10/h1-8,13-14,23H,9H2,(H,22,26)(H,24,25)/t13-,14-/m0/s1. The van der Waals surface area contributed by atoms with Crippen LogP contribution in [0.4, 0.5) is 18.0 Å². The van der Waals surface area contributed by atoms with Crippen molar-refractivity contribution in [3.05, 3.63) is 65.5 Å². The van der Waals surface area contributed by atoms with Gasteiger partial charge in [-0.25, -0.2) is 9.59 Å². The molecular formula is C17H15F3N2O5. The van der Waals surface area contributed by atoms with E-state index in [2.05, 4.69) is 4.98 Å². The van der Waals surface area contributed by atoms with E-state index >= 15 is 0 Å². The van der Waals surface area contributed by atoms with Crippen LogP contribution in [0.1, 0.15) is 22.9 Å². The fourth-order valence-corrected chi connectivity index (χ4v) is 2.22. The van der Waals surface area contributed by atoms with Crippen LogP contribution in [-0.2, 0) is 22.3 Å². The van der Waals surface area contributed by atoms with E-state index < -0.39 is 41.6 Å². The predicted octanol–water partition coefficient (Wildman–Crippen LogP) is 2.51. The molecule has 0 unspecified atom stereocenters. The number of carboxylic acid groups (broad SMARTS) is 1. The number of pyridine rings is 1. The largest absolute Gasteiger partial charge is 0.480 e. The van der Waals surface area contributed by atoms with Gasteiger partial charge in [-0.1, -0.05) is 30.3 Å². The molecule has 0 bridgehead atoms. The fourth-order valence-electron chi connectivity index (χ4n) is 2.22. The van der Waals surface area contributed by atoms with Crippen molar-refractivity contribution in [3.63, 3.8) is 0 Å². The number of amides is 1. The number of hydrogen-bond donors (Lipinski definition) is 3. The van der Waals surface area contributed by atoms with E-state index in [1.807, 2.05) is 5.32 Å². The number of carboxylic acids is 1. The Morgan fingerprint density at radius 1 is 1.15 bits per heavy atom. The number of alkyl halides is 3. The van der Waals surface area contributed by atoms with Gasteiger partial charge < -0.3 is 20.3 Å². The smallest absolute Gasteiger partial charge is 0.418 e. The Labute approximate surface area is 151 Å². The van der Waals surface area contributed by atoms with Crippen molar-refractivity contribution < 1.29 is 37.7 Å². The molecule has 27 heavy (non-hydrogen) atoms. The van der Waals surface area contributed by atoms with Gasteiger partial charge in [0.25, 0.3) is 0 Å². The van der Waals surface area contributed by atoms with Gasteiger partial charge in [0.15, 0.2) is 6.04 Å². The van der Waals surface area contributed by atoms with Gasteiger partial charge in [0.05, 0.1) is 11.3 Å². The van der Waals surface area contributed by atoms with Crippen LogP contribution in [0.5, 0.6) is 0 Å². The van der Waals surface area contributed by atoms with Crippen LogP contribution < -0.4 is 5.32 Å². The summed E-state index contributed by atoms with van der Waals surface area (Å²) in [4.78, 5) is 26.6. The number of nitrogens with zero attached hydrogens (tertiary/aromatic N) is 1. The third-order valence-corrected chi connectivity index (χ3v) is 3.49. The monoisotopic (exact) mass is 384 g/mol. The van der Waals surface area contributed by atoms with Crippen molar-refractivity contribution in [2.75, 3.05) is 0 Å². The Kier molecular flexibility index (Phi) is 6.35. The quantitative estimate of drug-likeness (QED) is 0.706. The minimum Gasteiger partial charge on any atom is -0.480 e. The second-order valence-electron chi connectivity index (χ2n) is 5.40. The van der Waals surface area contributed by atoms with Crippen molar-refractivity contribution in [1.82, 2.24) is 10.3 Å². The number of carbonyl (C=O) groups excluding carboxylic acids is 1. The summed E-state index contributed by atoms with van der Waals surface area (Å²) in [5.41, 5.74) is -1.60. The normalized spacial score (nSPS) is 13.5. The van der Waals surface area contributed by atoms with Gasteiger partial charge >= 0.3 is 18.2 Å². The van der Waals surface area contributed by atoms with Gasteiger partial charge in [0.1, 0.15) is 12.7 Å². The maximum atomic E-state index is 13.0. The van der Waals surface area contributed by atoms with E-state index in [4.69, 9.17) is 4.74 Å². The van der Waals surface area contributed by atoms with Crippen molar-refractivity contribution in [3.8, 4) is 0 Å². The van der Waals surface area contributed by atoms with Crippen LogP contribution in [0.3, 0.4) is 0 Å². The lowest BCUT2D eigenvalue weighted by atomic mass is 10.0. The lowest BCUT2D eigenvalue weighted by Crippen LogP contribution is -2.45. The van der Waals surface area contributed by atoms with Gasteiger partial charge in [-0.05, 0) is 17.7 Å². The molecule has 0 aliphatic heterocycles. The zero-order chi connectivity index (χ0) is 20.0. The van der Waals surface area contributed by atoms with E-state index in [-0.39, 0.29) is 6.61 Å². The molecule has 1 aromatic heterocycles. The summed E-state index contributed by atoms with van der Waals surface area (Å²) in [7, 11) is 0. The molecule has 0 saturated carbocycles. The fraction of sp³-hybridized carbons (Fsp3) is 0.235. The van der Waals surface area contributed by atoms with Crippen LogP contribution in [0, 0.1) is 0 Å². The first-order valence-electron chi connectivity index (χ1n) is 7.60. The molecular weight excluding hydrogens is 369 g/mol. The van der Waals surface area contributed by atoms with E-state index in [0.29, 0.717) is 11.6 Å². The van der Waals surface area contributed by atoms with E-state index in [9.17, 15) is 33.0 Å². The van der Waals surface area contributed by atoms with Crippen molar-refractivity contribution in [2.24, 2.45) is 0 Å². The minimum atomic E-state index is -4.86. The number of rotatable bonds is 6. The molecule has 1 aromatic carbocycles. The van der Waals surface area contributed by atoms with Crippen LogP contribution in [0.25, 0.3) is 0 Å². The number of aliphatic carboxylic acids is 1. The van der Waals surface area contributed by atoms with E-state index in [0.717, 1.165) is 12.3 Å². The van der Waals surface area contributed by atoms with E-state index in [1.54, 1.807) is 30.3 Å². The number of nitrogens with one attached hydrogen (secondary N) is 1. The Morgan fingerprint density at radius 2 is 1.81 bits per heavy atom. The van der Waals surface area contributed by atoms with E-state index in [1.165, 1.54) is 0 Å². The Bertz CT molecular complexity index is 799. The Morgan fingerprint density at radius 3 is 2.41 bits per heavy atom. The lowest BCUT2D eigenvalue weighted by molar-refractivity contribution is -0.145. The van der Waals surface area contributed by atoms with Crippen LogP contribution in [0.15, 0.2) is 48.7 Å². The summed E-state index contributed by atoms with van der Waals surface area (Å²) in [6, 6.07) is 7.99. The third kappa shape index (κ3) is 5.42. The summed E-state index contributed by atoms with van der Waals surface area (Å²) < 4.78 is 43.9. The average molecular weight is 384 g/mol. The highest BCUT2D eigenvalue weighted by Crippen LogP contribution is 2.34. The molecule has 0 saturated heterocycles. The molecule has 0 aliphatic rings. The summed E-state index contributed by atoms with van der Waals surface area (Å²) >= 11 is 0. The van der Waals surface area contributed by atoms with Gasteiger partial charge in [-0.3, -0.25) is 4.98 Å². The van der Waals surface area contributed by atoms with Crippen LogP contribution >= 0.6 is 0 Å². The number of ether oxygens (including phenoxy) is 1. The SMILES string of the molecule is O=C(N[C@H](C(=O)O)[C@@H](O)c1ncccc1C(F)(F)F)OCc1ccccc1. The highest BCUT2D eigenvalue weighted by molar-refractivity contribution is 5.80. The molecule has 2 aromatic rings. The topological polar surface area (TPSA) is 109 Å². The molecule has 0 aliphatic carbocycles. The highest BCUT2D eigenvalue weighted by Gasteiger charge is 2.40. The molecule has 0 fully saturated rings. The lowest BCUT2D eigenvalue weighted by Gasteiger charge is -2.22. The summed E-state index contributed by atoms with van der Waals surface area (Å²) in [5, 5.41) is 21.2. The van der Waals surface area contributed by atoms with Gasteiger partial charge in [0, 0.05) is 6.20 Å². The molecule has 1 amide bonds. The average Bonchev–Trinajstić information content (AvgIpc) is 2.64. The minimum absolute atomic E-state index is 0.188. The van der Waals surface area contributed by atoms with Crippen molar-refractivity contribution >= 4 is 12.1 Å². The number of halogens is 3. The summed E-state index contributed by atoms with van der Waals surface area (Å²) in [5.74, 6) is -1.75. The second-order valence-corrected chi connectivity index (χ2v) is 5.40. The number of hydrogen-bond acceptors (Lipinski definition) is 5. The maximum Gasteiger partial charge on any atom is 0.418 e. The van der Waals surface area contributed by atoms with Gasteiger partial charge in [0.2, 0.25) is 0 Å². The Balaban J connectivity index is 2.13. The zero-order valence-electron chi connectivity index (χ0n) is 13.7. The molecule has 10 heteroatoms. The third-order valence-electron chi connectivity index (χ3n) is 3.49.